The van der Waals surface area contributed by atoms with Crippen molar-refractivity contribution in [1.29, 1.82) is 0 Å². The topological polar surface area (TPSA) is 80.4 Å². The van der Waals surface area contributed by atoms with Gasteiger partial charge in [-0.1, -0.05) is 25.5 Å². The molecule has 3 saturated carbocycles. The van der Waals surface area contributed by atoms with Gasteiger partial charge in [-0.3, -0.25) is 9.59 Å². The van der Waals surface area contributed by atoms with Gasteiger partial charge in [0, 0.05) is 18.4 Å². The average molecular weight is 374 g/mol. The smallest absolute Gasteiger partial charge is 0.300 e. The van der Waals surface area contributed by atoms with Crippen LogP contribution >= 0.6 is 0 Å². The third-order valence-corrected chi connectivity index (χ3v) is 8.26. The second kappa shape index (κ2) is 7.20. The van der Waals surface area contributed by atoms with Crippen molar-refractivity contribution in [3.8, 4) is 0 Å². The first-order chi connectivity index (χ1) is 12.6. The van der Waals surface area contributed by atoms with Crippen LogP contribution in [0.3, 0.4) is 0 Å². The van der Waals surface area contributed by atoms with Gasteiger partial charge in [0.2, 0.25) is 0 Å². The van der Waals surface area contributed by atoms with Gasteiger partial charge >= 0.3 is 0 Å². The molecular formula is C23H35NO3. The Hall–Kier alpha value is -1.42. The molecule has 0 spiro atoms. The zero-order valence-electron chi connectivity index (χ0n) is 17.2. The van der Waals surface area contributed by atoms with Crippen LogP contribution in [0.15, 0.2) is 23.8 Å². The Morgan fingerprint density at radius 3 is 2.52 bits per heavy atom. The van der Waals surface area contributed by atoms with Gasteiger partial charge < -0.3 is 10.8 Å². The van der Waals surface area contributed by atoms with Gasteiger partial charge in [-0.2, -0.15) is 0 Å². The monoisotopic (exact) mass is 373 g/mol. The second-order valence-corrected chi connectivity index (χ2v) is 9.71. The van der Waals surface area contributed by atoms with Crippen LogP contribution in [-0.2, 0) is 9.59 Å². The van der Waals surface area contributed by atoms with Crippen LogP contribution in [0.4, 0.5) is 0 Å². The number of carbonyl (C=O) groups is 2. The number of carboxylic acid groups (broad SMARTS) is 1. The summed E-state index contributed by atoms with van der Waals surface area (Å²) in [6, 6.07) is 0.323. The van der Waals surface area contributed by atoms with Gasteiger partial charge in [0.25, 0.3) is 5.97 Å². The molecular weight excluding hydrogens is 338 g/mol. The normalized spacial score (nSPS) is 43.4. The Balaban J connectivity index is 0.000000481. The zero-order chi connectivity index (χ0) is 20.0. The molecule has 4 heteroatoms. The van der Waals surface area contributed by atoms with Crippen LogP contribution in [-0.4, -0.2) is 22.9 Å². The Labute approximate surface area is 163 Å². The molecule has 1 unspecified atom stereocenters. The van der Waals surface area contributed by atoms with E-state index in [4.69, 9.17) is 15.6 Å². The highest BCUT2D eigenvalue weighted by Crippen LogP contribution is 2.66. The fourth-order valence-corrected chi connectivity index (χ4v) is 7.10. The molecule has 0 aromatic heterocycles. The number of carbonyl (C=O) groups excluding carboxylic acids is 1. The summed E-state index contributed by atoms with van der Waals surface area (Å²) in [7, 11) is 0. The molecule has 3 N–H and O–H groups in total. The Bertz CT molecular complexity index is 675. The second-order valence-electron chi connectivity index (χ2n) is 9.71. The summed E-state index contributed by atoms with van der Waals surface area (Å²) in [5, 5.41) is 7.42. The molecule has 0 aromatic carbocycles. The van der Waals surface area contributed by atoms with Crippen molar-refractivity contribution in [3.05, 3.63) is 23.8 Å². The lowest BCUT2D eigenvalue weighted by atomic mass is 9.47. The molecule has 0 saturated heterocycles. The number of rotatable bonds is 1. The van der Waals surface area contributed by atoms with Crippen LogP contribution in [0.2, 0.25) is 0 Å². The van der Waals surface area contributed by atoms with Crippen molar-refractivity contribution in [2.75, 3.05) is 0 Å². The maximum Gasteiger partial charge on any atom is 0.300 e. The van der Waals surface area contributed by atoms with Crippen molar-refractivity contribution >= 4 is 11.8 Å². The van der Waals surface area contributed by atoms with E-state index in [-0.39, 0.29) is 11.2 Å². The van der Waals surface area contributed by atoms with Crippen LogP contribution < -0.4 is 5.73 Å². The van der Waals surface area contributed by atoms with E-state index in [1.165, 1.54) is 37.7 Å². The molecule has 4 aliphatic rings. The van der Waals surface area contributed by atoms with E-state index in [0.717, 1.165) is 31.1 Å². The van der Waals surface area contributed by atoms with E-state index in [1.54, 1.807) is 0 Å². The summed E-state index contributed by atoms with van der Waals surface area (Å²) in [4.78, 5) is 20.8. The minimum Gasteiger partial charge on any atom is -0.481 e. The number of carboxylic acids is 1. The summed E-state index contributed by atoms with van der Waals surface area (Å²) >= 11 is 0. The molecule has 4 aliphatic carbocycles. The van der Waals surface area contributed by atoms with Gasteiger partial charge in [0.05, 0.1) is 0 Å². The van der Waals surface area contributed by atoms with Gasteiger partial charge in [0.15, 0.2) is 5.78 Å². The van der Waals surface area contributed by atoms with Crippen molar-refractivity contribution in [1.82, 2.24) is 0 Å². The fraction of sp³-hybridized carbons (Fsp3) is 0.739. The first-order valence-electron chi connectivity index (χ1n) is 10.5. The number of aliphatic carboxylic acids is 1. The van der Waals surface area contributed by atoms with E-state index < -0.39 is 5.97 Å². The first kappa shape index (κ1) is 20.3. The standard InChI is InChI=1S/C21H31NO.C2H4O2/c1-13(22)17-6-7-18-16-5-4-14-12-15(23)8-10-20(14,2)19(16)9-11-21(17,18)3;1-2(3)4/h8,10,12-13,16-19H,4-7,9,11,22H2,1-3H3;1H3,(H,3,4)/t13?,16-,17+,18-,19-,20-,21+;/m0./s1. The summed E-state index contributed by atoms with van der Waals surface area (Å²) < 4.78 is 0. The molecule has 7 atom stereocenters. The first-order valence-corrected chi connectivity index (χ1v) is 10.5. The van der Waals surface area contributed by atoms with Gasteiger partial charge in [-0.05, 0) is 86.7 Å². The highest BCUT2D eigenvalue weighted by molar-refractivity contribution is 6.01. The quantitative estimate of drug-likeness (QED) is 0.716. The van der Waals surface area contributed by atoms with E-state index in [0.29, 0.717) is 17.4 Å². The molecule has 0 aromatic rings. The maximum absolute atomic E-state index is 11.8. The maximum atomic E-state index is 11.8. The largest absolute Gasteiger partial charge is 0.481 e. The summed E-state index contributed by atoms with van der Waals surface area (Å²) in [6.07, 6.45) is 13.7. The fourth-order valence-electron chi connectivity index (χ4n) is 7.10. The summed E-state index contributed by atoms with van der Waals surface area (Å²) in [5.74, 6) is 2.42. The van der Waals surface area contributed by atoms with Crippen molar-refractivity contribution in [3.63, 3.8) is 0 Å². The predicted octanol–water partition coefficient (Wildman–Crippen LogP) is 4.35. The SMILES string of the molecule is CC(=O)O.CC(N)[C@H]1CC[C@H]2[C@@H]3CCC4=CC(=O)C=C[C@]4(C)[C@H]3CC[C@]12C. The predicted molar refractivity (Wildman–Crippen MR) is 107 cm³/mol. The molecule has 0 amide bonds. The molecule has 3 fully saturated rings. The molecule has 0 radical (unpaired) electrons. The molecule has 0 aliphatic heterocycles. The summed E-state index contributed by atoms with van der Waals surface area (Å²) in [5.41, 5.74) is 8.32. The molecule has 4 nitrogen and oxygen atoms in total. The number of nitrogens with two attached hydrogens (primary N) is 1. The van der Waals surface area contributed by atoms with Gasteiger partial charge in [-0.15, -0.1) is 0 Å². The molecule has 27 heavy (non-hydrogen) atoms. The third kappa shape index (κ3) is 3.41. The number of ketones is 1. The van der Waals surface area contributed by atoms with Crippen LogP contribution in [0.5, 0.6) is 0 Å². The van der Waals surface area contributed by atoms with Gasteiger partial charge in [0.1, 0.15) is 0 Å². The number of hydrogen-bond donors (Lipinski definition) is 2. The number of hydrogen-bond acceptors (Lipinski definition) is 3. The molecule has 4 rings (SSSR count). The molecule has 0 heterocycles. The van der Waals surface area contributed by atoms with Crippen LogP contribution in [0, 0.1) is 34.5 Å². The van der Waals surface area contributed by atoms with Crippen LogP contribution in [0.1, 0.15) is 66.2 Å². The third-order valence-electron chi connectivity index (χ3n) is 8.26. The minimum absolute atomic E-state index is 0.130. The van der Waals surface area contributed by atoms with E-state index >= 15 is 0 Å². The van der Waals surface area contributed by atoms with E-state index in [2.05, 4.69) is 26.8 Å². The van der Waals surface area contributed by atoms with E-state index in [1.807, 2.05) is 12.2 Å². The van der Waals surface area contributed by atoms with E-state index in [9.17, 15) is 4.79 Å². The Morgan fingerprint density at radius 1 is 1.22 bits per heavy atom. The number of allylic oxidation sites excluding steroid dienone is 4. The van der Waals surface area contributed by atoms with Crippen molar-refractivity contribution in [2.45, 2.75) is 72.3 Å². The zero-order valence-corrected chi connectivity index (χ0v) is 17.2. The Morgan fingerprint density at radius 2 is 1.89 bits per heavy atom. The summed E-state index contributed by atoms with van der Waals surface area (Å²) in [6.45, 7) is 8.21. The number of fused-ring (bicyclic) bond motifs is 5. The van der Waals surface area contributed by atoms with Crippen molar-refractivity contribution in [2.24, 2.45) is 40.2 Å². The highest BCUT2D eigenvalue weighted by atomic mass is 16.4. The average Bonchev–Trinajstić information content (AvgIpc) is 2.92. The minimum atomic E-state index is -0.833. The van der Waals surface area contributed by atoms with Gasteiger partial charge in [-0.25, -0.2) is 0 Å². The lowest BCUT2D eigenvalue weighted by molar-refractivity contribution is -0.134. The highest BCUT2D eigenvalue weighted by Gasteiger charge is 2.58. The lowest BCUT2D eigenvalue weighted by Crippen LogP contribution is -2.51. The Kier molecular flexibility index (Phi) is 5.42. The molecule has 0 bridgehead atoms. The lowest BCUT2D eigenvalue weighted by Gasteiger charge is -2.57. The molecule has 150 valence electrons. The van der Waals surface area contributed by atoms with Crippen molar-refractivity contribution < 1.29 is 14.7 Å². The van der Waals surface area contributed by atoms with Crippen LogP contribution in [0.25, 0.3) is 0 Å².